The second kappa shape index (κ2) is 9.34. The summed E-state index contributed by atoms with van der Waals surface area (Å²) in [5, 5.41) is 2.71. The maximum absolute atomic E-state index is 13.0. The molecule has 1 amide bonds. The fraction of sp³-hybridized carbons (Fsp3) is 0.350. The van der Waals surface area contributed by atoms with E-state index in [9.17, 15) is 17.6 Å². The molecule has 2 aromatic rings. The SMILES string of the molecule is COc1ccc(NC(=O)CCc2ccc(F)cc2)cc1S(=O)(=O)N1CCOCC1. The fourth-order valence-electron chi connectivity index (χ4n) is 3.01. The van der Waals surface area contributed by atoms with Gasteiger partial charge in [0, 0.05) is 25.2 Å². The highest BCUT2D eigenvalue weighted by Crippen LogP contribution is 2.30. The molecule has 1 aliphatic heterocycles. The van der Waals surface area contributed by atoms with Gasteiger partial charge in [-0.05, 0) is 42.3 Å². The van der Waals surface area contributed by atoms with Gasteiger partial charge in [-0.15, -0.1) is 0 Å². The molecule has 156 valence electrons. The minimum atomic E-state index is -3.78. The number of sulfonamides is 1. The molecule has 0 spiro atoms. The predicted octanol–water partition coefficient (Wildman–Crippen LogP) is 2.43. The molecule has 0 aromatic heterocycles. The summed E-state index contributed by atoms with van der Waals surface area (Å²) in [5.41, 5.74) is 1.20. The Labute approximate surface area is 169 Å². The van der Waals surface area contributed by atoms with Crippen molar-refractivity contribution in [2.45, 2.75) is 17.7 Å². The highest BCUT2D eigenvalue weighted by Gasteiger charge is 2.29. The highest BCUT2D eigenvalue weighted by molar-refractivity contribution is 7.89. The van der Waals surface area contributed by atoms with Crippen molar-refractivity contribution in [1.29, 1.82) is 0 Å². The number of rotatable bonds is 7. The Morgan fingerprint density at radius 2 is 1.86 bits per heavy atom. The van der Waals surface area contributed by atoms with Crippen LogP contribution in [0.2, 0.25) is 0 Å². The van der Waals surface area contributed by atoms with E-state index in [-0.39, 0.29) is 41.9 Å². The molecule has 3 rings (SSSR count). The fourth-order valence-corrected chi connectivity index (χ4v) is 4.60. The first kappa shape index (κ1) is 21.2. The topological polar surface area (TPSA) is 84.9 Å². The van der Waals surface area contributed by atoms with Crippen molar-refractivity contribution in [3.8, 4) is 5.75 Å². The largest absolute Gasteiger partial charge is 0.495 e. The Bertz CT molecular complexity index is 957. The van der Waals surface area contributed by atoms with Crippen LogP contribution in [0.25, 0.3) is 0 Å². The summed E-state index contributed by atoms with van der Waals surface area (Å²) >= 11 is 0. The molecule has 9 heteroatoms. The Hall–Kier alpha value is -2.49. The van der Waals surface area contributed by atoms with Gasteiger partial charge in [0.05, 0.1) is 20.3 Å². The van der Waals surface area contributed by atoms with Crippen molar-refractivity contribution in [3.63, 3.8) is 0 Å². The number of halogens is 1. The van der Waals surface area contributed by atoms with Gasteiger partial charge < -0.3 is 14.8 Å². The molecule has 2 aromatic carbocycles. The number of nitrogens with zero attached hydrogens (tertiary/aromatic N) is 1. The first-order valence-electron chi connectivity index (χ1n) is 9.20. The zero-order chi connectivity index (χ0) is 20.9. The number of amides is 1. The van der Waals surface area contributed by atoms with Crippen molar-refractivity contribution in [2.24, 2.45) is 0 Å². The number of morpholine rings is 1. The van der Waals surface area contributed by atoms with Crippen LogP contribution in [0.1, 0.15) is 12.0 Å². The third kappa shape index (κ3) is 5.31. The van der Waals surface area contributed by atoms with Crippen molar-refractivity contribution in [2.75, 3.05) is 38.7 Å². The number of ether oxygens (including phenoxy) is 2. The minimum absolute atomic E-state index is 0.00163. The first-order valence-corrected chi connectivity index (χ1v) is 10.6. The molecule has 0 atom stereocenters. The normalized spacial score (nSPS) is 15.1. The van der Waals surface area contributed by atoms with E-state index >= 15 is 0 Å². The van der Waals surface area contributed by atoms with Crippen molar-refractivity contribution in [3.05, 3.63) is 53.8 Å². The van der Waals surface area contributed by atoms with Gasteiger partial charge >= 0.3 is 0 Å². The predicted molar refractivity (Wildman–Crippen MR) is 106 cm³/mol. The lowest BCUT2D eigenvalue weighted by Gasteiger charge is -2.26. The smallest absolute Gasteiger partial charge is 0.246 e. The summed E-state index contributed by atoms with van der Waals surface area (Å²) < 4.78 is 50.7. The molecule has 29 heavy (non-hydrogen) atoms. The quantitative estimate of drug-likeness (QED) is 0.741. The monoisotopic (exact) mass is 422 g/mol. The molecule has 0 radical (unpaired) electrons. The van der Waals surface area contributed by atoms with Crippen molar-refractivity contribution < 1.29 is 27.1 Å². The summed E-state index contributed by atoms with van der Waals surface area (Å²) in [6, 6.07) is 10.5. The van der Waals surface area contributed by atoms with Crippen LogP contribution in [-0.4, -0.2) is 52.0 Å². The maximum atomic E-state index is 13.0. The number of methoxy groups -OCH3 is 1. The van der Waals surface area contributed by atoms with Crippen LogP contribution in [0.3, 0.4) is 0 Å². The molecule has 0 aliphatic carbocycles. The second-order valence-corrected chi connectivity index (χ2v) is 8.46. The standard InChI is InChI=1S/C20H23FN2O5S/c1-27-18-8-7-17(14-19(18)29(25,26)23-10-12-28-13-11-23)22-20(24)9-4-15-2-5-16(21)6-3-15/h2-3,5-8,14H,4,9-13H2,1H3,(H,22,24). The highest BCUT2D eigenvalue weighted by atomic mass is 32.2. The Morgan fingerprint density at radius 3 is 2.52 bits per heavy atom. The summed E-state index contributed by atoms with van der Waals surface area (Å²) in [6.45, 7) is 1.20. The summed E-state index contributed by atoms with van der Waals surface area (Å²) in [4.78, 5) is 12.3. The van der Waals surface area contributed by atoms with Crippen LogP contribution in [0, 0.1) is 5.82 Å². The summed E-state index contributed by atoms with van der Waals surface area (Å²) in [7, 11) is -2.38. The van der Waals surface area contributed by atoms with Crippen molar-refractivity contribution >= 4 is 21.6 Å². The Balaban J connectivity index is 1.72. The zero-order valence-corrected chi connectivity index (χ0v) is 16.9. The minimum Gasteiger partial charge on any atom is -0.495 e. The molecular weight excluding hydrogens is 399 g/mol. The van der Waals surface area contributed by atoms with E-state index in [1.54, 1.807) is 18.2 Å². The number of benzene rings is 2. The van der Waals surface area contributed by atoms with Crippen LogP contribution >= 0.6 is 0 Å². The molecule has 7 nitrogen and oxygen atoms in total. The molecule has 1 saturated heterocycles. The van der Waals surface area contributed by atoms with Gasteiger partial charge in [0.2, 0.25) is 15.9 Å². The van der Waals surface area contributed by atoms with Crippen LogP contribution in [0.4, 0.5) is 10.1 Å². The number of hydrogen-bond donors (Lipinski definition) is 1. The third-order valence-corrected chi connectivity index (χ3v) is 6.51. The lowest BCUT2D eigenvalue weighted by atomic mass is 10.1. The number of nitrogens with one attached hydrogen (secondary N) is 1. The van der Waals surface area contributed by atoms with Gasteiger partial charge in [-0.3, -0.25) is 4.79 Å². The van der Waals surface area contributed by atoms with Crippen LogP contribution in [-0.2, 0) is 26.0 Å². The number of anilines is 1. The first-order chi connectivity index (χ1) is 13.9. The van der Waals surface area contributed by atoms with Crippen LogP contribution < -0.4 is 10.1 Å². The zero-order valence-electron chi connectivity index (χ0n) is 16.1. The molecule has 1 fully saturated rings. The average molecular weight is 422 g/mol. The lowest BCUT2D eigenvalue weighted by Crippen LogP contribution is -2.40. The van der Waals surface area contributed by atoms with Crippen LogP contribution in [0.5, 0.6) is 5.75 Å². The molecule has 0 unspecified atom stereocenters. The van der Waals surface area contributed by atoms with E-state index in [1.165, 1.54) is 35.7 Å². The van der Waals surface area contributed by atoms with E-state index in [1.807, 2.05) is 0 Å². The van der Waals surface area contributed by atoms with Crippen LogP contribution in [0.15, 0.2) is 47.4 Å². The van der Waals surface area contributed by atoms with E-state index in [4.69, 9.17) is 9.47 Å². The van der Waals surface area contributed by atoms with Gasteiger partial charge in [-0.2, -0.15) is 4.31 Å². The van der Waals surface area contributed by atoms with E-state index in [0.29, 0.717) is 25.3 Å². The molecule has 0 saturated carbocycles. The molecular formula is C20H23FN2O5S. The van der Waals surface area contributed by atoms with Gasteiger partial charge in [-0.25, -0.2) is 12.8 Å². The summed E-state index contributed by atoms with van der Waals surface area (Å²) in [6.07, 6.45) is 0.629. The second-order valence-electron chi connectivity index (χ2n) is 6.56. The number of carbonyl (C=O) groups excluding carboxylic acids is 1. The van der Waals surface area contributed by atoms with Gasteiger partial charge in [0.25, 0.3) is 0 Å². The molecule has 1 N–H and O–H groups in total. The van der Waals surface area contributed by atoms with Gasteiger partial charge in [0.1, 0.15) is 16.5 Å². The molecule has 1 aliphatic rings. The van der Waals surface area contributed by atoms with E-state index in [2.05, 4.69) is 5.32 Å². The average Bonchev–Trinajstić information content (AvgIpc) is 2.74. The maximum Gasteiger partial charge on any atom is 0.246 e. The van der Waals surface area contributed by atoms with Gasteiger partial charge in [-0.1, -0.05) is 12.1 Å². The Kier molecular flexibility index (Phi) is 6.83. The lowest BCUT2D eigenvalue weighted by molar-refractivity contribution is -0.116. The molecule has 1 heterocycles. The van der Waals surface area contributed by atoms with E-state index in [0.717, 1.165) is 5.56 Å². The van der Waals surface area contributed by atoms with Crippen molar-refractivity contribution in [1.82, 2.24) is 4.31 Å². The number of aryl methyl sites for hydroxylation is 1. The number of hydrogen-bond acceptors (Lipinski definition) is 5. The van der Waals surface area contributed by atoms with E-state index < -0.39 is 10.0 Å². The molecule has 0 bridgehead atoms. The van der Waals surface area contributed by atoms with Gasteiger partial charge in [0.15, 0.2) is 0 Å². The third-order valence-electron chi connectivity index (χ3n) is 4.59. The summed E-state index contributed by atoms with van der Waals surface area (Å²) in [5.74, 6) is -0.388. The number of carbonyl (C=O) groups is 1. The Morgan fingerprint density at radius 1 is 1.17 bits per heavy atom.